The Bertz CT molecular complexity index is 642. The SMILES string of the molecule is C=CN(C=CC(C)C(C)C1CCCCCCCCCCC1)c1c(C)cc(O)cc1C. The van der Waals surface area contributed by atoms with Crippen LogP contribution in [0.25, 0.3) is 0 Å². The van der Waals surface area contributed by atoms with Crippen LogP contribution in [-0.4, -0.2) is 5.11 Å². The highest BCUT2D eigenvalue weighted by Crippen LogP contribution is 2.33. The van der Waals surface area contributed by atoms with E-state index >= 15 is 0 Å². The molecule has 0 spiro atoms. The van der Waals surface area contributed by atoms with E-state index in [4.69, 9.17) is 0 Å². The van der Waals surface area contributed by atoms with Crippen molar-refractivity contribution in [2.45, 2.75) is 98.3 Å². The number of nitrogens with zero attached hydrogens (tertiary/aromatic N) is 1. The quantitative estimate of drug-likeness (QED) is 0.506. The van der Waals surface area contributed by atoms with Gasteiger partial charge in [0.2, 0.25) is 0 Å². The lowest BCUT2D eigenvalue weighted by Crippen LogP contribution is -2.19. The molecule has 1 aromatic rings. The predicted octanol–water partition coefficient (Wildman–Crippen LogP) is 8.67. The van der Waals surface area contributed by atoms with Crippen LogP contribution in [0.5, 0.6) is 5.75 Å². The molecule has 1 aliphatic carbocycles. The van der Waals surface area contributed by atoms with E-state index in [-0.39, 0.29) is 0 Å². The van der Waals surface area contributed by atoms with Crippen LogP contribution in [0.1, 0.15) is 95.6 Å². The molecule has 2 atom stereocenters. The summed E-state index contributed by atoms with van der Waals surface area (Å²) in [5.41, 5.74) is 3.25. The van der Waals surface area contributed by atoms with Gasteiger partial charge in [0.05, 0.1) is 5.69 Å². The van der Waals surface area contributed by atoms with Crippen LogP contribution in [0.15, 0.2) is 37.2 Å². The van der Waals surface area contributed by atoms with Crippen LogP contribution in [0.4, 0.5) is 5.69 Å². The van der Waals surface area contributed by atoms with Gasteiger partial charge in [-0.05, 0) is 54.9 Å². The first-order chi connectivity index (χ1) is 14.4. The Morgan fingerprint density at radius 3 is 1.83 bits per heavy atom. The number of rotatable bonds is 6. The van der Waals surface area contributed by atoms with Gasteiger partial charge >= 0.3 is 0 Å². The Morgan fingerprint density at radius 1 is 0.900 bits per heavy atom. The summed E-state index contributed by atoms with van der Waals surface area (Å²) in [6, 6.07) is 3.65. The average Bonchev–Trinajstić information content (AvgIpc) is 2.69. The van der Waals surface area contributed by atoms with Gasteiger partial charge in [-0.1, -0.05) is 97.1 Å². The molecule has 0 amide bonds. The Hall–Kier alpha value is -1.70. The molecule has 2 nitrogen and oxygen atoms in total. The fourth-order valence-electron chi connectivity index (χ4n) is 5.12. The number of phenols is 1. The van der Waals surface area contributed by atoms with Gasteiger partial charge < -0.3 is 10.0 Å². The fraction of sp³-hybridized carbons (Fsp3) is 0.643. The van der Waals surface area contributed by atoms with Gasteiger partial charge in [-0.3, -0.25) is 0 Å². The number of aryl methyl sites for hydroxylation is 2. The second kappa shape index (κ2) is 12.9. The fourth-order valence-corrected chi connectivity index (χ4v) is 5.12. The van der Waals surface area contributed by atoms with Crippen molar-refractivity contribution in [3.63, 3.8) is 0 Å². The topological polar surface area (TPSA) is 23.5 Å². The minimum Gasteiger partial charge on any atom is -0.508 e. The second-order valence-electron chi connectivity index (χ2n) is 9.60. The largest absolute Gasteiger partial charge is 0.508 e. The summed E-state index contributed by atoms with van der Waals surface area (Å²) in [6.45, 7) is 12.9. The Kier molecular flexibility index (Phi) is 10.5. The second-order valence-corrected chi connectivity index (χ2v) is 9.60. The molecule has 0 saturated heterocycles. The molecule has 2 unspecified atom stereocenters. The molecule has 2 rings (SSSR count). The minimum absolute atomic E-state index is 0.325. The molecule has 168 valence electrons. The van der Waals surface area contributed by atoms with E-state index in [9.17, 15) is 5.11 Å². The molecular formula is C28H45NO. The number of benzene rings is 1. The highest BCUT2D eigenvalue weighted by atomic mass is 16.3. The van der Waals surface area contributed by atoms with Crippen molar-refractivity contribution in [3.8, 4) is 5.75 Å². The van der Waals surface area contributed by atoms with E-state index in [0.29, 0.717) is 17.6 Å². The zero-order valence-electron chi connectivity index (χ0n) is 20.0. The zero-order valence-corrected chi connectivity index (χ0v) is 20.0. The van der Waals surface area contributed by atoms with Crippen molar-refractivity contribution in [2.24, 2.45) is 17.8 Å². The van der Waals surface area contributed by atoms with Gasteiger partial charge in [0.25, 0.3) is 0 Å². The third-order valence-corrected chi connectivity index (χ3v) is 7.20. The lowest BCUT2D eigenvalue weighted by atomic mass is 9.78. The molecule has 0 aliphatic heterocycles. The van der Waals surface area contributed by atoms with Gasteiger partial charge in [-0.25, -0.2) is 0 Å². The maximum absolute atomic E-state index is 9.86. The number of anilines is 1. The van der Waals surface area contributed by atoms with Crippen LogP contribution in [-0.2, 0) is 0 Å². The summed E-state index contributed by atoms with van der Waals surface area (Å²) in [5.74, 6) is 2.38. The molecule has 0 bridgehead atoms. The number of hydrogen-bond donors (Lipinski definition) is 1. The normalized spacial score (nSPS) is 19.6. The monoisotopic (exact) mass is 411 g/mol. The van der Waals surface area contributed by atoms with Gasteiger partial charge in [-0.15, -0.1) is 0 Å². The molecule has 0 heterocycles. The average molecular weight is 412 g/mol. The molecule has 1 fully saturated rings. The van der Waals surface area contributed by atoms with Crippen LogP contribution >= 0.6 is 0 Å². The summed E-state index contributed by atoms with van der Waals surface area (Å²) in [7, 11) is 0. The molecule has 2 heteroatoms. The predicted molar refractivity (Wildman–Crippen MR) is 132 cm³/mol. The number of hydrogen-bond acceptors (Lipinski definition) is 2. The van der Waals surface area contributed by atoms with Crippen molar-refractivity contribution in [1.29, 1.82) is 0 Å². The van der Waals surface area contributed by atoms with E-state index in [1.54, 1.807) is 0 Å². The summed E-state index contributed by atoms with van der Waals surface area (Å²) in [5, 5.41) is 9.86. The van der Waals surface area contributed by atoms with E-state index in [1.165, 1.54) is 70.6 Å². The van der Waals surface area contributed by atoms with Crippen LogP contribution in [0, 0.1) is 31.6 Å². The molecule has 0 radical (unpaired) electrons. The van der Waals surface area contributed by atoms with Crippen molar-refractivity contribution in [1.82, 2.24) is 0 Å². The number of allylic oxidation sites excluding steroid dienone is 1. The maximum atomic E-state index is 9.86. The van der Waals surface area contributed by atoms with E-state index < -0.39 is 0 Å². The summed E-state index contributed by atoms with van der Waals surface area (Å²) >= 11 is 0. The number of aromatic hydroxyl groups is 1. The summed E-state index contributed by atoms with van der Waals surface area (Å²) in [6.07, 6.45) is 22.0. The Morgan fingerprint density at radius 2 is 1.37 bits per heavy atom. The summed E-state index contributed by atoms with van der Waals surface area (Å²) in [4.78, 5) is 2.11. The van der Waals surface area contributed by atoms with Crippen LogP contribution in [0.2, 0.25) is 0 Å². The molecule has 30 heavy (non-hydrogen) atoms. The van der Waals surface area contributed by atoms with Crippen LogP contribution in [0.3, 0.4) is 0 Å². The molecule has 0 aromatic heterocycles. The molecular weight excluding hydrogens is 366 g/mol. The minimum atomic E-state index is 0.325. The summed E-state index contributed by atoms with van der Waals surface area (Å²) < 4.78 is 0. The highest BCUT2D eigenvalue weighted by Gasteiger charge is 2.21. The Labute approximate surface area is 186 Å². The van der Waals surface area contributed by atoms with Gasteiger partial charge in [0, 0.05) is 12.4 Å². The smallest absolute Gasteiger partial charge is 0.116 e. The lowest BCUT2D eigenvalue weighted by Gasteiger charge is -2.29. The van der Waals surface area contributed by atoms with E-state index in [0.717, 1.165) is 22.7 Å². The molecule has 1 aliphatic rings. The van der Waals surface area contributed by atoms with Gasteiger partial charge in [0.1, 0.15) is 5.75 Å². The van der Waals surface area contributed by atoms with Crippen molar-refractivity contribution in [3.05, 3.63) is 48.3 Å². The molecule has 1 saturated carbocycles. The van der Waals surface area contributed by atoms with E-state index in [1.807, 2.05) is 32.2 Å². The van der Waals surface area contributed by atoms with Crippen LogP contribution < -0.4 is 4.90 Å². The lowest BCUT2D eigenvalue weighted by molar-refractivity contribution is 0.250. The third-order valence-electron chi connectivity index (χ3n) is 7.20. The number of phenolic OH excluding ortho intramolecular Hbond substituents is 1. The van der Waals surface area contributed by atoms with E-state index in [2.05, 4.69) is 37.6 Å². The highest BCUT2D eigenvalue weighted by molar-refractivity contribution is 5.64. The molecule has 1 aromatic carbocycles. The van der Waals surface area contributed by atoms with Gasteiger partial charge in [0.15, 0.2) is 0 Å². The first-order valence-electron chi connectivity index (χ1n) is 12.3. The van der Waals surface area contributed by atoms with Crippen molar-refractivity contribution in [2.75, 3.05) is 4.90 Å². The standard InChI is InChI=1S/C28H45NO/c1-6-29(28-23(3)20-27(30)21-24(28)4)19-18-22(2)25(5)26-16-14-12-10-8-7-9-11-13-15-17-26/h6,18-22,25-26,30H,1,7-17H2,2-5H3. The van der Waals surface area contributed by atoms with Gasteiger partial charge in [-0.2, -0.15) is 0 Å². The zero-order chi connectivity index (χ0) is 21.9. The first kappa shape index (κ1) is 24.6. The Balaban J connectivity index is 2.04. The molecule has 1 N–H and O–H groups in total. The maximum Gasteiger partial charge on any atom is 0.116 e. The van der Waals surface area contributed by atoms with Crippen molar-refractivity contribution >= 4 is 5.69 Å². The van der Waals surface area contributed by atoms with Crippen molar-refractivity contribution < 1.29 is 5.11 Å². The third kappa shape index (κ3) is 7.52. The first-order valence-corrected chi connectivity index (χ1v) is 12.3.